The molecule has 0 aliphatic carbocycles. The van der Waals surface area contributed by atoms with E-state index in [1.807, 2.05) is 32.0 Å². The van der Waals surface area contributed by atoms with Crippen molar-refractivity contribution in [1.82, 2.24) is 16.0 Å². The van der Waals surface area contributed by atoms with Crippen LogP contribution in [0.3, 0.4) is 0 Å². The van der Waals surface area contributed by atoms with Gasteiger partial charge >= 0.3 is 0 Å². The van der Waals surface area contributed by atoms with Gasteiger partial charge in [-0.25, -0.2) is 4.99 Å². The number of hydrogen-bond acceptors (Lipinski definition) is 5. The molecule has 1 aromatic heterocycles. The standard InChI is InChI=1S/C21H30N4O4.HI/c1-5-22-21(25-14-16-7-8-17(27-3)18(13-16)28-4)24-11-6-10-23-20(26)19-15(2)9-12-29-19;/h7-9,12-13H,5-6,10-11,14H2,1-4H3,(H,23,26)(H2,22,24,25);1H. The molecule has 1 heterocycles. The molecule has 0 aliphatic rings. The number of halogens is 1. The third kappa shape index (κ3) is 7.77. The highest BCUT2D eigenvalue weighted by Gasteiger charge is 2.11. The number of aliphatic imine (C=N–C) groups is 1. The number of benzene rings is 1. The molecule has 0 saturated carbocycles. The molecule has 0 atom stereocenters. The molecule has 8 nitrogen and oxygen atoms in total. The minimum atomic E-state index is -0.193. The summed E-state index contributed by atoms with van der Waals surface area (Å²) in [6, 6.07) is 7.51. The van der Waals surface area contributed by atoms with Gasteiger partial charge in [-0.1, -0.05) is 6.07 Å². The normalized spacial score (nSPS) is 10.7. The third-order valence-corrected chi connectivity index (χ3v) is 4.21. The summed E-state index contributed by atoms with van der Waals surface area (Å²) in [6.45, 7) is 6.34. The molecular formula is C21H31IN4O4. The van der Waals surface area contributed by atoms with Gasteiger partial charge in [0.1, 0.15) is 0 Å². The molecule has 0 spiro atoms. The van der Waals surface area contributed by atoms with Gasteiger partial charge in [0.2, 0.25) is 0 Å². The second-order valence-corrected chi connectivity index (χ2v) is 6.35. The third-order valence-electron chi connectivity index (χ3n) is 4.21. The lowest BCUT2D eigenvalue weighted by Gasteiger charge is -2.12. The lowest BCUT2D eigenvalue weighted by molar-refractivity contribution is 0.0925. The van der Waals surface area contributed by atoms with Crippen molar-refractivity contribution in [3.8, 4) is 11.5 Å². The molecule has 1 amide bonds. The van der Waals surface area contributed by atoms with Crippen LogP contribution < -0.4 is 25.4 Å². The molecule has 0 saturated heterocycles. The maximum Gasteiger partial charge on any atom is 0.287 e. The van der Waals surface area contributed by atoms with E-state index in [9.17, 15) is 4.79 Å². The number of methoxy groups -OCH3 is 2. The fraction of sp³-hybridized carbons (Fsp3) is 0.429. The molecule has 9 heteroatoms. The van der Waals surface area contributed by atoms with Gasteiger partial charge in [0.05, 0.1) is 27.0 Å². The van der Waals surface area contributed by atoms with E-state index in [1.165, 1.54) is 6.26 Å². The highest BCUT2D eigenvalue weighted by molar-refractivity contribution is 14.0. The number of carbonyl (C=O) groups excluding carboxylic acids is 1. The van der Waals surface area contributed by atoms with E-state index in [0.29, 0.717) is 36.9 Å². The fourth-order valence-electron chi connectivity index (χ4n) is 2.67. The monoisotopic (exact) mass is 530 g/mol. The lowest BCUT2D eigenvalue weighted by atomic mass is 10.2. The maximum atomic E-state index is 12.0. The average molecular weight is 530 g/mol. The van der Waals surface area contributed by atoms with E-state index in [-0.39, 0.29) is 29.9 Å². The Morgan fingerprint density at radius 1 is 1.07 bits per heavy atom. The summed E-state index contributed by atoms with van der Waals surface area (Å²) >= 11 is 0. The van der Waals surface area contributed by atoms with Crippen molar-refractivity contribution in [2.24, 2.45) is 4.99 Å². The predicted molar refractivity (Wildman–Crippen MR) is 128 cm³/mol. The van der Waals surface area contributed by atoms with Gasteiger partial charge in [-0.15, -0.1) is 24.0 Å². The van der Waals surface area contributed by atoms with Gasteiger partial charge in [-0.2, -0.15) is 0 Å². The molecule has 0 radical (unpaired) electrons. The molecule has 0 aliphatic heterocycles. The van der Waals surface area contributed by atoms with Gasteiger partial charge in [0.15, 0.2) is 23.2 Å². The van der Waals surface area contributed by atoms with Crippen LogP contribution in [-0.4, -0.2) is 45.7 Å². The molecule has 1 aromatic carbocycles. The highest BCUT2D eigenvalue weighted by atomic mass is 127. The van der Waals surface area contributed by atoms with Crippen LogP contribution in [0.4, 0.5) is 0 Å². The predicted octanol–water partition coefficient (Wildman–Crippen LogP) is 3.10. The first kappa shape index (κ1) is 25.6. The minimum absolute atomic E-state index is 0. The summed E-state index contributed by atoms with van der Waals surface area (Å²) in [5.41, 5.74) is 1.85. The molecular weight excluding hydrogens is 499 g/mol. The van der Waals surface area contributed by atoms with Crippen molar-refractivity contribution >= 4 is 35.8 Å². The highest BCUT2D eigenvalue weighted by Crippen LogP contribution is 2.27. The Hall–Kier alpha value is -2.43. The summed E-state index contributed by atoms with van der Waals surface area (Å²) in [4.78, 5) is 16.6. The van der Waals surface area contributed by atoms with Crippen LogP contribution in [0, 0.1) is 6.92 Å². The number of furan rings is 1. The van der Waals surface area contributed by atoms with E-state index >= 15 is 0 Å². The van der Waals surface area contributed by atoms with Crippen LogP contribution in [0.2, 0.25) is 0 Å². The Labute approximate surface area is 194 Å². The van der Waals surface area contributed by atoms with Crippen molar-refractivity contribution in [3.05, 3.63) is 47.4 Å². The van der Waals surface area contributed by atoms with Gasteiger partial charge in [-0.05, 0) is 44.0 Å². The minimum Gasteiger partial charge on any atom is -0.493 e. The molecule has 0 fully saturated rings. The Balaban J connectivity index is 0.00000450. The molecule has 3 N–H and O–H groups in total. The smallest absolute Gasteiger partial charge is 0.287 e. The van der Waals surface area contributed by atoms with Crippen LogP contribution >= 0.6 is 24.0 Å². The molecule has 166 valence electrons. The van der Waals surface area contributed by atoms with Crippen LogP contribution in [0.5, 0.6) is 11.5 Å². The van der Waals surface area contributed by atoms with Crippen molar-refractivity contribution in [3.63, 3.8) is 0 Å². The first-order chi connectivity index (χ1) is 14.1. The number of nitrogens with zero attached hydrogens (tertiary/aromatic N) is 1. The van der Waals surface area contributed by atoms with Crippen LogP contribution in [0.15, 0.2) is 39.9 Å². The fourth-order valence-corrected chi connectivity index (χ4v) is 2.67. The number of carbonyl (C=O) groups is 1. The quantitative estimate of drug-likeness (QED) is 0.189. The van der Waals surface area contributed by atoms with Crippen molar-refractivity contribution < 1.29 is 18.7 Å². The number of amides is 1. The molecule has 0 bridgehead atoms. The van der Waals surface area contributed by atoms with Gasteiger partial charge in [0, 0.05) is 25.2 Å². The van der Waals surface area contributed by atoms with Gasteiger partial charge < -0.3 is 29.8 Å². The van der Waals surface area contributed by atoms with Crippen LogP contribution in [0.25, 0.3) is 0 Å². The molecule has 0 unspecified atom stereocenters. The Morgan fingerprint density at radius 2 is 1.80 bits per heavy atom. The number of guanidine groups is 1. The first-order valence-corrected chi connectivity index (χ1v) is 9.64. The van der Waals surface area contributed by atoms with Gasteiger partial charge in [0.25, 0.3) is 5.91 Å². The van der Waals surface area contributed by atoms with Crippen molar-refractivity contribution in [2.75, 3.05) is 33.9 Å². The zero-order chi connectivity index (χ0) is 21.1. The molecule has 2 rings (SSSR count). The SMILES string of the molecule is CCNC(=NCc1ccc(OC)c(OC)c1)NCCCNC(=O)c1occc1C.I. The van der Waals surface area contributed by atoms with Crippen molar-refractivity contribution in [1.29, 1.82) is 0 Å². The topological polar surface area (TPSA) is 97.1 Å². The summed E-state index contributed by atoms with van der Waals surface area (Å²) in [5.74, 6) is 2.26. The van der Waals surface area contributed by atoms with Crippen molar-refractivity contribution in [2.45, 2.75) is 26.8 Å². The number of nitrogens with one attached hydrogen (secondary N) is 3. The summed E-state index contributed by atoms with van der Waals surface area (Å²) in [6.07, 6.45) is 2.27. The average Bonchev–Trinajstić information content (AvgIpc) is 3.17. The van der Waals surface area contributed by atoms with E-state index in [0.717, 1.165) is 30.1 Å². The maximum absolute atomic E-state index is 12.0. The van der Waals surface area contributed by atoms with E-state index in [1.54, 1.807) is 20.3 Å². The largest absolute Gasteiger partial charge is 0.493 e. The summed E-state index contributed by atoms with van der Waals surface area (Å²) in [5, 5.41) is 9.34. The number of rotatable bonds is 10. The zero-order valence-electron chi connectivity index (χ0n) is 17.9. The molecule has 30 heavy (non-hydrogen) atoms. The number of ether oxygens (including phenoxy) is 2. The summed E-state index contributed by atoms with van der Waals surface area (Å²) < 4.78 is 15.8. The van der Waals surface area contributed by atoms with E-state index < -0.39 is 0 Å². The molecule has 2 aromatic rings. The lowest BCUT2D eigenvalue weighted by Crippen LogP contribution is -2.38. The first-order valence-electron chi connectivity index (χ1n) is 9.64. The van der Waals surface area contributed by atoms with Gasteiger partial charge in [-0.3, -0.25) is 4.79 Å². The summed E-state index contributed by atoms with van der Waals surface area (Å²) in [7, 11) is 3.23. The number of hydrogen-bond donors (Lipinski definition) is 3. The van der Waals surface area contributed by atoms with E-state index in [4.69, 9.17) is 13.9 Å². The Kier molecular flexibility index (Phi) is 11.7. The second kappa shape index (κ2) is 13.7. The van der Waals surface area contributed by atoms with Crippen LogP contribution in [-0.2, 0) is 6.54 Å². The Bertz CT molecular complexity index is 823. The van der Waals surface area contributed by atoms with Crippen LogP contribution in [0.1, 0.15) is 35.0 Å². The number of aryl methyl sites for hydroxylation is 1. The zero-order valence-corrected chi connectivity index (χ0v) is 20.2. The Morgan fingerprint density at radius 3 is 2.43 bits per heavy atom. The van der Waals surface area contributed by atoms with E-state index in [2.05, 4.69) is 20.9 Å². The second-order valence-electron chi connectivity index (χ2n) is 6.35.